The number of nitrogens with one attached hydrogen (secondary N) is 1. The van der Waals surface area contributed by atoms with E-state index >= 15 is 0 Å². The Hall–Kier alpha value is -2.47. The lowest BCUT2D eigenvalue weighted by Gasteiger charge is -2.22. The van der Waals surface area contributed by atoms with Crippen molar-refractivity contribution < 1.29 is 9.18 Å². The molecule has 4 nitrogen and oxygen atoms in total. The van der Waals surface area contributed by atoms with E-state index in [0.29, 0.717) is 17.9 Å². The number of hydrogen-bond donors (Lipinski definition) is 1. The molecule has 0 saturated heterocycles. The van der Waals surface area contributed by atoms with Gasteiger partial charge in [-0.05, 0) is 34.5 Å². The maximum atomic E-state index is 14.0. The normalized spacial score (nSPS) is 17.1. The summed E-state index contributed by atoms with van der Waals surface area (Å²) in [6.07, 6.45) is 1.92. The second kappa shape index (κ2) is 5.06. The van der Waals surface area contributed by atoms with Gasteiger partial charge in [0.05, 0.1) is 11.4 Å². The molecule has 1 aliphatic heterocycles. The van der Waals surface area contributed by atoms with Crippen molar-refractivity contribution in [3.63, 3.8) is 0 Å². The molecule has 4 rings (SSSR count). The number of aromatic nitrogens is 2. The standard InChI is InChI=1S/C16H12FN3OS/c17-12-3-1-2-4-13(12)20-9-18-15-11(10-5-6-22-8-10)7-14(21)19-16(15)20/h1-6,8-9,11H,7H2,(H,19,21)/t11-/m1/s1. The van der Waals surface area contributed by atoms with Gasteiger partial charge in [-0.25, -0.2) is 9.37 Å². The highest BCUT2D eigenvalue weighted by Gasteiger charge is 2.31. The number of amides is 1. The lowest BCUT2D eigenvalue weighted by atomic mass is 9.92. The summed E-state index contributed by atoms with van der Waals surface area (Å²) in [6.45, 7) is 0. The third-order valence-corrected chi connectivity index (χ3v) is 4.53. The zero-order valence-corrected chi connectivity index (χ0v) is 12.3. The van der Waals surface area contributed by atoms with Crippen molar-refractivity contribution in [1.29, 1.82) is 0 Å². The molecule has 0 unspecified atom stereocenters. The van der Waals surface area contributed by atoms with Gasteiger partial charge in [0, 0.05) is 12.3 Å². The van der Waals surface area contributed by atoms with Gasteiger partial charge in [0.2, 0.25) is 5.91 Å². The molecule has 1 amide bonds. The number of carbonyl (C=O) groups is 1. The molecule has 0 bridgehead atoms. The fourth-order valence-corrected chi connectivity index (χ4v) is 3.50. The molecule has 0 spiro atoms. The first-order valence-corrected chi connectivity index (χ1v) is 7.82. The lowest BCUT2D eigenvalue weighted by molar-refractivity contribution is -0.116. The number of nitrogens with zero attached hydrogens (tertiary/aromatic N) is 2. The van der Waals surface area contributed by atoms with Gasteiger partial charge in [-0.15, -0.1) is 0 Å². The summed E-state index contributed by atoms with van der Waals surface area (Å²) >= 11 is 1.59. The minimum absolute atomic E-state index is 0.0805. The molecule has 110 valence electrons. The number of para-hydroxylation sites is 1. The topological polar surface area (TPSA) is 46.9 Å². The SMILES string of the molecule is O=C1C[C@H](c2ccsc2)c2ncn(-c3ccccc3F)c2N1. The summed E-state index contributed by atoms with van der Waals surface area (Å²) in [5.41, 5.74) is 2.23. The van der Waals surface area contributed by atoms with E-state index in [2.05, 4.69) is 10.3 Å². The van der Waals surface area contributed by atoms with E-state index in [0.717, 1.165) is 11.3 Å². The molecular formula is C16H12FN3OS. The van der Waals surface area contributed by atoms with Gasteiger partial charge >= 0.3 is 0 Å². The summed E-state index contributed by atoms with van der Waals surface area (Å²) in [7, 11) is 0. The van der Waals surface area contributed by atoms with E-state index in [4.69, 9.17) is 0 Å². The van der Waals surface area contributed by atoms with Crippen molar-refractivity contribution in [2.75, 3.05) is 5.32 Å². The Balaban J connectivity index is 1.86. The van der Waals surface area contributed by atoms with Crippen LogP contribution in [0.15, 0.2) is 47.4 Å². The van der Waals surface area contributed by atoms with E-state index in [9.17, 15) is 9.18 Å². The van der Waals surface area contributed by atoms with Crippen molar-refractivity contribution in [2.24, 2.45) is 0 Å². The second-order valence-electron chi connectivity index (χ2n) is 5.16. The minimum Gasteiger partial charge on any atom is -0.310 e. The molecule has 6 heteroatoms. The highest BCUT2D eigenvalue weighted by Crippen LogP contribution is 2.38. The minimum atomic E-state index is -0.352. The molecule has 1 aliphatic rings. The fourth-order valence-electron chi connectivity index (χ4n) is 2.79. The Kier molecular flexibility index (Phi) is 3.04. The smallest absolute Gasteiger partial charge is 0.226 e. The van der Waals surface area contributed by atoms with Gasteiger partial charge in [0.1, 0.15) is 18.0 Å². The number of halogens is 1. The van der Waals surface area contributed by atoms with E-state index < -0.39 is 0 Å². The Labute approximate surface area is 130 Å². The van der Waals surface area contributed by atoms with Crippen LogP contribution < -0.4 is 5.32 Å². The largest absolute Gasteiger partial charge is 0.310 e. The number of imidazole rings is 1. The van der Waals surface area contributed by atoms with Crippen LogP contribution in [0.5, 0.6) is 0 Å². The first kappa shape index (κ1) is 13.2. The fraction of sp³-hybridized carbons (Fsp3) is 0.125. The predicted octanol–water partition coefficient (Wildman–Crippen LogP) is 3.55. The average Bonchev–Trinajstić information content (AvgIpc) is 3.16. The molecule has 1 N–H and O–H groups in total. The van der Waals surface area contributed by atoms with Crippen LogP contribution in [0.2, 0.25) is 0 Å². The number of anilines is 1. The van der Waals surface area contributed by atoms with Crippen LogP contribution in [-0.4, -0.2) is 15.5 Å². The molecule has 3 heterocycles. The zero-order valence-electron chi connectivity index (χ0n) is 11.5. The van der Waals surface area contributed by atoms with E-state index in [1.807, 2.05) is 16.8 Å². The van der Waals surface area contributed by atoms with Gasteiger partial charge in [0.25, 0.3) is 0 Å². The van der Waals surface area contributed by atoms with Crippen molar-refractivity contribution in [1.82, 2.24) is 9.55 Å². The summed E-state index contributed by atoms with van der Waals surface area (Å²) in [6, 6.07) is 8.45. The van der Waals surface area contributed by atoms with Gasteiger partial charge in [0.15, 0.2) is 0 Å². The van der Waals surface area contributed by atoms with Crippen LogP contribution in [0.25, 0.3) is 5.69 Å². The number of benzene rings is 1. The summed E-state index contributed by atoms with van der Waals surface area (Å²) in [4.78, 5) is 16.5. The summed E-state index contributed by atoms with van der Waals surface area (Å²) in [5, 5.41) is 6.83. The third kappa shape index (κ3) is 2.03. The zero-order chi connectivity index (χ0) is 15.1. The number of thiophene rings is 1. The molecule has 1 aromatic carbocycles. The predicted molar refractivity (Wildman–Crippen MR) is 82.9 cm³/mol. The molecule has 1 atom stereocenters. The number of carbonyl (C=O) groups excluding carboxylic acids is 1. The van der Waals surface area contributed by atoms with Gasteiger partial charge in [-0.2, -0.15) is 11.3 Å². The quantitative estimate of drug-likeness (QED) is 0.786. The van der Waals surface area contributed by atoms with E-state index in [-0.39, 0.29) is 17.6 Å². The Bertz CT molecular complexity index is 841. The van der Waals surface area contributed by atoms with Gasteiger partial charge in [-0.1, -0.05) is 12.1 Å². The van der Waals surface area contributed by atoms with Crippen LogP contribution in [0.1, 0.15) is 23.6 Å². The molecule has 0 radical (unpaired) electrons. The second-order valence-corrected chi connectivity index (χ2v) is 5.94. The molecule has 0 saturated carbocycles. The summed E-state index contributed by atoms with van der Waals surface area (Å²) < 4.78 is 15.6. The number of rotatable bonds is 2. The Morgan fingerprint density at radius 2 is 2.18 bits per heavy atom. The lowest BCUT2D eigenvalue weighted by Crippen LogP contribution is -2.24. The summed E-state index contributed by atoms with van der Waals surface area (Å²) in [5.74, 6) is 0.0389. The van der Waals surface area contributed by atoms with Crippen LogP contribution in [0.4, 0.5) is 10.2 Å². The van der Waals surface area contributed by atoms with E-state index in [1.165, 1.54) is 6.07 Å². The molecule has 2 aromatic heterocycles. The molecule has 3 aromatic rings. The van der Waals surface area contributed by atoms with Gasteiger partial charge in [-0.3, -0.25) is 9.36 Å². The van der Waals surface area contributed by atoms with Crippen LogP contribution in [0, 0.1) is 5.82 Å². The molecule has 0 aliphatic carbocycles. The van der Waals surface area contributed by atoms with Crippen LogP contribution >= 0.6 is 11.3 Å². The Morgan fingerprint density at radius 1 is 1.32 bits per heavy atom. The maximum absolute atomic E-state index is 14.0. The molecule has 22 heavy (non-hydrogen) atoms. The van der Waals surface area contributed by atoms with Crippen LogP contribution in [-0.2, 0) is 4.79 Å². The maximum Gasteiger partial charge on any atom is 0.226 e. The van der Waals surface area contributed by atoms with Crippen molar-refractivity contribution in [3.05, 3.63) is 64.5 Å². The highest BCUT2D eigenvalue weighted by molar-refractivity contribution is 7.08. The van der Waals surface area contributed by atoms with Crippen molar-refractivity contribution >= 4 is 23.1 Å². The molecular weight excluding hydrogens is 301 g/mol. The van der Waals surface area contributed by atoms with E-state index in [1.54, 1.807) is 40.4 Å². The Morgan fingerprint density at radius 3 is 2.95 bits per heavy atom. The number of hydrogen-bond acceptors (Lipinski definition) is 3. The first-order chi connectivity index (χ1) is 10.7. The first-order valence-electron chi connectivity index (χ1n) is 6.88. The average molecular weight is 313 g/mol. The molecule has 0 fully saturated rings. The van der Waals surface area contributed by atoms with Crippen molar-refractivity contribution in [2.45, 2.75) is 12.3 Å². The van der Waals surface area contributed by atoms with Gasteiger partial charge < -0.3 is 5.32 Å². The van der Waals surface area contributed by atoms with Crippen molar-refractivity contribution in [3.8, 4) is 5.69 Å². The monoisotopic (exact) mass is 313 g/mol. The third-order valence-electron chi connectivity index (χ3n) is 3.83. The highest BCUT2D eigenvalue weighted by atomic mass is 32.1. The number of fused-ring (bicyclic) bond motifs is 1. The van der Waals surface area contributed by atoms with Crippen LogP contribution in [0.3, 0.4) is 0 Å².